The molecule has 0 N–H and O–H groups in total. The van der Waals surface area contributed by atoms with Crippen molar-refractivity contribution in [2.75, 3.05) is 32.7 Å². The zero-order valence-corrected chi connectivity index (χ0v) is 13.8. The Morgan fingerprint density at radius 2 is 1.90 bits per heavy atom. The van der Waals surface area contributed by atoms with Gasteiger partial charge in [-0.1, -0.05) is 51.1 Å². The van der Waals surface area contributed by atoms with Gasteiger partial charge in [-0.15, -0.1) is 0 Å². The highest BCUT2D eigenvalue weighted by molar-refractivity contribution is 6.00. The maximum atomic E-state index is 12.7. The number of benzene rings is 1. The van der Waals surface area contributed by atoms with E-state index < -0.39 is 0 Å². The van der Waals surface area contributed by atoms with Crippen LogP contribution in [-0.4, -0.2) is 54.3 Å². The number of carbonyl (C=O) groups excluding carboxylic acids is 1. The molecule has 1 aliphatic heterocycles. The van der Waals surface area contributed by atoms with Crippen LogP contribution in [0.4, 0.5) is 0 Å². The van der Waals surface area contributed by atoms with E-state index in [4.69, 9.17) is 0 Å². The predicted molar refractivity (Wildman–Crippen MR) is 87.7 cm³/mol. The molecule has 0 radical (unpaired) electrons. The van der Waals surface area contributed by atoms with Crippen LogP contribution >= 0.6 is 0 Å². The van der Waals surface area contributed by atoms with E-state index in [1.807, 2.05) is 30.3 Å². The Balaban J connectivity index is 2.00. The van der Waals surface area contributed by atoms with Crippen LogP contribution < -0.4 is 0 Å². The van der Waals surface area contributed by atoms with E-state index in [9.17, 15) is 4.79 Å². The number of nitrogens with zero attached hydrogens (tertiary/aromatic N) is 2. The van der Waals surface area contributed by atoms with Crippen LogP contribution in [0.3, 0.4) is 0 Å². The smallest absolute Gasteiger partial charge is 0.169 e. The van der Waals surface area contributed by atoms with Gasteiger partial charge < -0.3 is 0 Å². The van der Waals surface area contributed by atoms with Gasteiger partial charge in [-0.05, 0) is 13.5 Å². The van der Waals surface area contributed by atoms with Crippen molar-refractivity contribution in [2.45, 2.75) is 33.7 Å². The van der Waals surface area contributed by atoms with Gasteiger partial charge >= 0.3 is 0 Å². The third-order valence-corrected chi connectivity index (χ3v) is 4.52. The Morgan fingerprint density at radius 1 is 1.24 bits per heavy atom. The van der Waals surface area contributed by atoms with Gasteiger partial charge in [-0.2, -0.15) is 0 Å². The molecule has 21 heavy (non-hydrogen) atoms. The fourth-order valence-electron chi connectivity index (χ4n) is 3.30. The number of Topliss-reactive ketones (excluding diaryl/α,β-unsaturated/α-hetero) is 1. The van der Waals surface area contributed by atoms with E-state index >= 15 is 0 Å². The van der Waals surface area contributed by atoms with Gasteiger partial charge in [0, 0.05) is 43.2 Å². The van der Waals surface area contributed by atoms with Crippen LogP contribution in [-0.2, 0) is 0 Å². The molecule has 0 amide bonds. The number of rotatable bonds is 5. The Bertz CT molecular complexity index is 469. The van der Waals surface area contributed by atoms with E-state index in [1.54, 1.807) is 0 Å². The van der Waals surface area contributed by atoms with E-state index in [0.717, 1.165) is 38.3 Å². The van der Waals surface area contributed by atoms with Gasteiger partial charge in [0.2, 0.25) is 0 Å². The molecule has 3 heteroatoms. The van der Waals surface area contributed by atoms with Gasteiger partial charge in [-0.25, -0.2) is 0 Å². The predicted octanol–water partition coefficient (Wildman–Crippen LogP) is 2.92. The largest absolute Gasteiger partial charge is 0.300 e. The van der Waals surface area contributed by atoms with Crippen molar-refractivity contribution in [3.8, 4) is 0 Å². The van der Waals surface area contributed by atoms with Crippen LogP contribution in [0.25, 0.3) is 0 Å². The summed E-state index contributed by atoms with van der Waals surface area (Å²) in [4.78, 5) is 17.6. The lowest BCUT2D eigenvalue weighted by atomic mass is 9.83. The average Bonchev–Trinajstić information content (AvgIpc) is 2.47. The quantitative estimate of drug-likeness (QED) is 0.778. The molecule has 1 heterocycles. The Kier molecular flexibility index (Phi) is 5.17. The fourth-order valence-corrected chi connectivity index (χ4v) is 3.30. The SMILES string of the molecule is CCN1CCN(CC(C)(C)C(=O)c2ccccc2)CC1C. The average molecular weight is 288 g/mol. The van der Waals surface area contributed by atoms with Crippen molar-refractivity contribution in [3.63, 3.8) is 0 Å². The minimum absolute atomic E-state index is 0.244. The number of hydrogen-bond acceptors (Lipinski definition) is 3. The molecule has 0 saturated carbocycles. The number of ketones is 1. The summed E-state index contributed by atoms with van der Waals surface area (Å²) in [6.45, 7) is 13.8. The van der Waals surface area contributed by atoms with Gasteiger partial charge in [0.15, 0.2) is 5.78 Å². The van der Waals surface area contributed by atoms with Crippen LogP contribution in [0, 0.1) is 5.41 Å². The molecule has 1 saturated heterocycles. The molecule has 1 aromatic carbocycles. The fraction of sp³-hybridized carbons (Fsp3) is 0.611. The van der Waals surface area contributed by atoms with Crippen molar-refractivity contribution in [1.82, 2.24) is 9.80 Å². The number of likely N-dealkylation sites (N-methyl/N-ethyl adjacent to an activating group) is 1. The lowest BCUT2D eigenvalue weighted by Crippen LogP contribution is -2.54. The first-order chi connectivity index (χ1) is 9.94. The normalized spacial score (nSPS) is 21.4. The highest BCUT2D eigenvalue weighted by Gasteiger charge is 2.33. The lowest BCUT2D eigenvalue weighted by molar-refractivity contribution is 0.0527. The molecule has 0 aromatic heterocycles. The summed E-state index contributed by atoms with van der Waals surface area (Å²) in [5, 5.41) is 0. The van der Waals surface area contributed by atoms with Crippen molar-refractivity contribution in [3.05, 3.63) is 35.9 Å². The molecule has 1 unspecified atom stereocenters. The van der Waals surface area contributed by atoms with E-state index in [2.05, 4.69) is 37.5 Å². The molecule has 1 aromatic rings. The Hall–Kier alpha value is -1.19. The molecule has 0 bridgehead atoms. The van der Waals surface area contributed by atoms with Crippen molar-refractivity contribution in [1.29, 1.82) is 0 Å². The zero-order chi connectivity index (χ0) is 15.5. The second-order valence-electron chi connectivity index (χ2n) is 6.79. The van der Waals surface area contributed by atoms with Crippen molar-refractivity contribution < 1.29 is 4.79 Å². The van der Waals surface area contributed by atoms with Crippen LogP contribution in [0.5, 0.6) is 0 Å². The molecular formula is C18H28N2O. The third-order valence-electron chi connectivity index (χ3n) is 4.52. The highest BCUT2D eigenvalue weighted by Crippen LogP contribution is 2.24. The van der Waals surface area contributed by atoms with Gasteiger partial charge in [0.05, 0.1) is 0 Å². The third kappa shape index (κ3) is 3.92. The van der Waals surface area contributed by atoms with Gasteiger partial charge in [0.1, 0.15) is 0 Å². The summed E-state index contributed by atoms with van der Waals surface area (Å²) < 4.78 is 0. The maximum Gasteiger partial charge on any atom is 0.169 e. The summed E-state index contributed by atoms with van der Waals surface area (Å²) in [5.41, 5.74) is 0.484. The number of hydrogen-bond donors (Lipinski definition) is 0. The summed E-state index contributed by atoms with van der Waals surface area (Å²) in [6.07, 6.45) is 0. The number of piperazine rings is 1. The summed E-state index contributed by atoms with van der Waals surface area (Å²) in [7, 11) is 0. The topological polar surface area (TPSA) is 23.6 Å². The summed E-state index contributed by atoms with van der Waals surface area (Å²) in [5.74, 6) is 0.244. The van der Waals surface area contributed by atoms with Crippen molar-refractivity contribution >= 4 is 5.78 Å². The van der Waals surface area contributed by atoms with Crippen LogP contribution in [0.2, 0.25) is 0 Å². The molecule has 116 valence electrons. The second kappa shape index (κ2) is 6.71. The molecule has 0 aliphatic carbocycles. The van der Waals surface area contributed by atoms with E-state index in [-0.39, 0.29) is 11.2 Å². The first kappa shape index (κ1) is 16.2. The minimum Gasteiger partial charge on any atom is -0.300 e. The summed E-state index contributed by atoms with van der Waals surface area (Å²) >= 11 is 0. The molecule has 3 nitrogen and oxygen atoms in total. The summed E-state index contributed by atoms with van der Waals surface area (Å²) in [6, 6.07) is 10.2. The minimum atomic E-state index is -0.338. The van der Waals surface area contributed by atoms with E-state index in [0.29, 0.717) is 6.04 Å². The molecule has 2 rings (SSSR count). The standard InChI is InChI=1S/C18H28N2O/c1-5-20-12-11-19(13-15(20)2)14-18(3,4)17(21)16-9-7-6-8-10-16/h6-10,15H,5,11-14H2,1-4H3. The lowest BCUT2D eigenvalue weighted by Gasteiger charge is -2.42. The highest BCUT2D eigenvalue weighted by atomic mass is 16.1. The van der Waals surface area contributed by atoms with Crippen molar-refractivity contribution in [2.24, 2.45) is 5.41 Å². The first-order valence-electron chi connectivity index (χ1n) is 8.00. The van der Waals surface area contributed by atoms with E-state index in [1.165, 1.54) is 0 Å². The van der Waals surface area contributed by atoms with Gasteiger partial charge in [0.25, 0.3) is 0 Å². The molecule has 0 spiro atoms. The Labute approximate surface area is 128 Å². The number of carbonyl (C=O) groups is 1. The molecule has 1 atom stereocenters. The van der Waals surface area contributed by atoms with Crippen LogP contribution in [0.1, 0.15) is 38.1 Å². The second-order valence-corrected chi connectivity index (χ2v) is 6.79. The van der Waals surface area contributed by atoms with Crippen LogP contribution in [0.15, 0.2) is 30.3 Å². The molecular weight excluding hydrogens is 260 g/mol. The Morgan fingerprint density at radius 3 is 2.48 bits per heavy atom. The maximum absolute atomic E-state index is 12.7. The molecule has 1 aliphatic rings. The first-order valence-corrected chi connectivity index (χ1v) is 8.00. The van der Waals surface area contributed by atoms with Gasteiger partial charge in [-0.3, -0.25) is 14.6 Å². The monoisotopic (exact) mass is 288 g/mol. The molecule has 1 fully saturated rings. The zero-order valence-electron chi connectivity index (χ0n) is 13.8.